The lowest BCUT2D eigenvalue weighted by Gasteiger charge is -2.22. The van der Waals surface area contributed by atoms with Gasteiger partial charge in [0.15, 0.2) is 6.71 Å². The molecule has 122 valence electrons. The molecule has 3 aromatic rings. The van der Waals surface area contributed by atoms with E-state index in [9.17, 15) is 0 Å². The molecule has 0 amide bonds. The van der Waals surface area contributed by atoms with Crippen LogP contribution in [0.1, 0.15) is 26.3 Å². The molecule has 1 nitrogen and oxygen atoms in total. The van der Waals surface area contributed by atoms with Gasteiger partial charge in [-0.2, -0.15) is 0 Å². The fourth-order valence-electron chi connectivity index (χ4n) is 3.19. The molecular formula is C22H26BN. The Morgan fingerprint density at radius 1 is 0.750 bits per heavy atom. The quantitative estimate of drug-likeness (QED) is 0.501. The van der Waals surface area contributed by atoms with Crippen LogP contribution < -0.4 is 11.2 Å². The largest absolute Gasteiger partial charge is 0.398 e. The van der Waals surface area contributed by atoms with Crippen LogP contribution in [0.15, 0.2) is 54.6 Å². The van der Waals surface area contributed by atoms with Gasteiger partial charge in [-0.3, -0.25) is 0 Å². The summed E-state index contributed by atoms with van der Waals surface area (Å²) < 4.78 is 0. The summed E-state index contributed by atoms with van der Waals surface area (Å²) >= 11 is 0. The summed E-state index contributed by atoms with van der Waals surface area (Å²) in [5.41, 5.74) is 12.2. The van der Waals surface area contributed by atoms with E-state index < -0.39 is 0 Å². The maximum absolute atomic E-state index is 6.19. The minimum absolute atomic E-state index is 0.0447. The molecule has 0 bridgehead atoms. The van der Waals surface area contributed by atoms with Gasteiger partial charge < -0.3 is 5.73 Å². The first-order chi connectivity index (χ1) is 11.3. The summed E-state index contributed by atoms with van der Waals surface area (Å²) in [6.07, 6.45) is 0. The van der Waals surface area contributed by atoms with E-state index in [1.807, 2.05) is 6.07 Å². The molecule has 0 aromatic heterocycles. The van der Waals surface area contributed by atoms with Gasteiger partial charge in [0.2, 0.25) is 0 Å². The minimum Gasteiger partial charge on any atom is -0.398 e. The first-order valence-electron chi connectivity index (χ1n) is 8.70. The predicted octanol–water partition coefficient (Wildman–Crippen LogP) is 5.35. The van der Waals surface area contributed by atoms with Crippen LogP contribution in [0.5, 0.6) is 0 Å². The molecule has 0 unspecified atom stereocenters. The van der Waals surface area contributed by atoms with E-state index in [-0.39, 0.29) is 5.41 Å². The van der Waals surface area contributed by atoms with Gasteiger partial charge in [0.1, 0.15) is 0 Å². The summed E-state index contributed by atoms with van der Waals surface area (Å²) in [6, 6.07) is 19.9. The van der Waals surface area contributed by atoms with Gasteiger partial charge in [-0.15, -0.1) is 0 Å². The molecule has 0 aliphatic rings. The Morgan fingerprint density at radius 2 is 1.33 bits per heavy atom. The predicted molar refractivity (Wildman–Crippen MR) is 110 cm³/mol. The highest BCUT2D eigenvalue weighted by Crippen LogP contribution is 2.33. The highest BCUT2D eigenvalue weighted by Gasteiger charge is 2.17. The average Bonchev–Trinajstić information content (AvgIpc) is 2.53. The van der Waals surface area contributed by atoms with Gasteiger partial charge in [0, 0.05) is 5.69 Å². The summed E-state index contributed by atoms with van der Waals surface area (Å²) in [7, 11) is 0. The lowest BCUT2D eigenvalue weighted by molar-refractivity contribution is 0.593. The van der Waals surface area contributed by atoms with Gasteiger partial charge in [-0.1, -0.05) is 76.3 Å². The third kappa shape index (κ3) is 3.19. The summed E-state index contributed by atoms with van der Waals surface area (Å²) in [5, 5.41) is 2.59. The van der Waals surface area contributed by atoms with Crippen LogP contribution >= 0.6 is 0 Å². The second kappa shape index (κ2) is 6.01. The van der Waals surface area contributed by atoms with Crippen molar-refractivity contribution in [2.24, 2.45) is 0 Å². The smallest absolute Gasteiger partial charge is 0.169 e. The molecule has 0 saturated carbocycles. The summed E-state index contributed by atoms with van der Waals surface area (Å²) in [6.45, 7) is 11.6. The van der Waals surface area contributed by atoms with Crippen LogP contribution in [0, 0.1) is 0 Å². The van der Waals surface area contributed by atoms with Gasteiger partial charge in [0.05, 0.1) is 0 Å². The van der Waals surface area contributed by atoms with Crippen LogP contribution in [-0.4, -0.2) is 6.71 Å². The van der Waals surface area contributed by atoms with Gasteiger partial charge in [0.25, 0.3) is 0 Å². The van der Waals surface area contributed by atoms with Crippen molar-refractivity contribution in [3.05, 3.63) is 60.2 Å². The number of rotatable bonds is 2. The Hall–Kier alpha value is -2.22. The average molecular weight is 315 g/mol. The molecule has 0 aliphatic carbocycles. The van der Waals surface area contributed by atoms with E-state index in [4.69, 9.17) is 5.73 Å². The standard InChI is InChI=1S/C22H26BN/c1-22(2,3)20-14-18(9-11-21(20)24)15-6-7-17-13-19(23(4)5)10-8-16(17)12-15/h6-14H,24H2,1-5H3. The number of nitrogen functional groups attached to an aromatic ring is 1. The van der Waals surface area contributed by atoms with Crippen LogP contribution in [0.3, 0.4) is 0 Å². The molecular weight excluding hydrogens is 289 g/mol. The van der Waals surface area contributed by atoms with Crippen molar-refractivity contribution in [2.75, 3.05) is 5.73 Å². The Balaban J connectivity index is 2.08. The minimum atomic E-state index is 0.0447. The van der Waals surface area contributed by atoms with Crippen molar-refractivity contribution in [3.63, 3.8) is 0 Å². The van der Waals surface area contributed by atoms with E-state index in [1.54, 1.807) is 0 Å². The van der Waals surface area contributed by atoms with E-state index in [0.717, 1.165) is 5.69 Å². The highest BCUT2D eigenvalue weighted by molar-refractivity contribution is 6.70. The molecule has 24 heavy (non-hydrogen) atoms. The van der Waals surface area contributed by atoms with E-state index >= 15 is 0 Å². The second-order valence-corrected chi connectivity index (χ2v) is 8.03. The Kier molecular flexibility index (Phi) is 4.17. The van der Waals surface area contributed by atoms with Gasteiger partial charge in [-0.25, -0.2) is 0 Å². The molecule has 0 spiro atoms. The molecule has 0 radical (unpaired) electrons. The number of hydrogen-bond acceptors (Lipinski definition) is 1. The maximum atomic E-state index is 6.19. The molecule has 0 atom stereocenters. The van der Waals surface area contributed by atoms with Crippen LogP contribution in [-0.2, 0) is 5.41 Å². The molecule has 0 fully saturated rings. The Labute approximate surface area is 146 Å². The van der Waals surface area contributed by atoms with Gasteiger partial charge in [-0.05, 0) is 51.1 Å². The normalized spacial score (nSPS) is 11.7. The number of hydrogen-bond donors (Lipinski definition) is 1. The second-order valence-electron chi connectivity index (χ2n) is 8.03. The zero-order valence-corrected chi connectivity index (χ0v) is 15.4. The SMILES string of the molecule is CB(C)c1ccc2cc(-c3ccc(N)c(C(C)(C)C)c3)ccc2c1. The highest BCUT2D eigenvalue weighted by atomic mass is 14.6. The topological polar surface area (TPSA) is 26.0 Å². The van der Waals surface area contributed by atoms with Crippen LogP contribution in [0.25, 0.3) is 21.9 Å². The molecule has 3 rings (SSSR count). The fraction of sp³-hybridized carbons (Fsp3) is 0.273. The maximum Gasteiger partial charge on any atom is 0.169 e. The van der Waals surface area contributed by atoms with Crippen LogP contribution in [0.2, 0.25) is 13.6 Å². The molecule has 0 saturated heterocycles. The summed E-state index contributed by atoms with van der Waals surface area (Å²) in [5.74, 6) is 0. The first-order valence-corrected chi connectivity index (χ1v) is 8.70. The van der Waals surface area contributed by atoms with Gasteiger partial charge >= 0.3 is 0 Å². The Morgan fingerprint density at radius 3 is 2.00 bits per heavy atom. The monoisotopic (exact) mass is 315 g/mol. The Bertz CT molecular complexity index is 888. The van der Waals surface area contributed by atoms with Crippen molar-refractivity contribution in [3.8, 4) is 11.1 Å². The van der Waals surface area contributed by atoms with Crippen molar-refractivity contribution < 1.29 is 0 Å². The molecule has 3 aromatic carbocycles. The third-order valence-electron chi connectivity index (χ3n) is 4.73. The number of anilines is 1. The van der Waals surface area contributed by atoms with E-state index in [2.05, 4.69) is 82.9 Å². The summed E-state index contributed by atoms with van der Waals surface area (Å²) in [4.78, 5) is 0. The molecule has 2 heteroatoms. The van der Waals surface area contributed by atoms with E-state index in [1.165, 1.54) is 32.9 Å². The van der Waals surface area contributed by atoms with E-state index in [0.29, 0.717) is 6.71 Å². The third-order valence-corrected chi connectivity index (χ3v) is 4.73. The fourth-order valence-corrected chi connectivity index (χ4v) is 3.19. The van der Waals surface area contributed by atoms with Crippen molar-refractivity contribution >= 4 is 28.6 Å². The number of benzene rings is 3. The lowest BCUT2D eigenvalue weighted by Crippen LogP contribution is -2.21. The molecule has 0 heterocycles. The first kappa shape index (κ1) is 16.6. The van der Waals surface area contributed by atoms with Crippen molar-refractivity contribution in [2.45, 2.75) is 39.8 Å². The lowest BCUT2D eigenvalue weighted by atomic mass is 9.49. The zero-order valence-electron chi connectivity index (χ0n) is 15.4. The van der Waals surface area contributed by atoms with Crippen LogP contribution in [0.4, 0.5) is 5.69 Å². The number of nitrogens with two attached hydrogens (primary N) is 1. The molecule has 2 N–H and O–H groups in total. The van der Waals surface area contributed by atoms with Crippen molar-refractivity contribution in [1.82, 2.24) is 0 Å². The zero-order chi connectivity index (χ0) is 17.5. The molecule has 0 aliphatic heterocycles. The van der Waals surface area contributed by atoms with Crippen molar-refractivity contribution in [1.29, 1.82) is 0 Å². The number of fused-ring (bicyclic) bond motifs is 1.